The van der Waals surface area contributed by atoms with Gasteiger partial charge in [0.2, 0.25) is 5.91 Å². The number of carbonyl (C=O) groups excluding carboxylic acids is 2. The van der Waals surface area contributed by atoms with E-state index in [0.717, 1.165) is 16.3 Å². The number of nitrogens with zero attached hydrogens (tertiary/aromatic N) is 2. The molecule has 1 N–H and O–H groups in total. The van der Waals surface area contributed by atoms with E-state index in [1.807, 2.05) is 48.5 Å². The fourth-order valence-corrected chi connectivity index (χ4v) is 4.91. The number of aromatic nitrogens is 2. The molecule has 0 bridgehead atoms. The number of fused-ring (bicyclic) bond motifs is 1. The summed E-state index contributed by atoms with van der Waals surface area (Å²) in [7, 11) is 1.47. The van der Waals surface area contributed by atoms with Gasteiger partial charge in [0.1, 0.15) is 11.8 Å². The summed E-state index contributed by atoms with van der Waals surface area (Å²) in [6.45, 7) is 1.45. The molecule has 7 nitrogen and oxygen atoms in total. The molecule has 1 atom stereocenters. The Hall–Kier alpha value is -4.75. The van der Waals surface area contributed by atoms with E-state index in [2.05, 4.69) is 10.3 Å². The Bertz CT molecular complexity index is 1780. The number of Topliss-reactive ketones (excluding diaryl/α,β-unsaturated/α-hetero) is 1. The van der Waals surface area contributed by atoms with Crippen molar-refractivity contribution in [2.24, 2.45) is 0 Å². The second kappa shape index (κ2) is 11.6. The minimum Gasteiger partial charge on any atom is -0.495 e. The van der Waals surface area contributed by atoms with Gasteiger partial charge in [0, 0.05) is 52.1 Å². The molecule has 40 heavy (non-hydrogen) atoms. The van der Waals surface area contributed by atoms with Crippen LogP contribution < -0.4 is 15.6 Å². The van der Waals surface area contributed by atoms with Crippen LogP contribution in [0.1, 0.15) is 28.9 Å². The van der Waals surface area contributed by atoms with Gasteiger partial charge in [0.15, 0.2) is 5.78 Å². The van der Waals surface area contributed by atoms with Crippen molar-refractivity contribution in [3.63, 3.8) is 0 Å². The van der Waals surface area contributed by atoms with Gasteiger partial charge in [-0.05, 0) is 59.8 Å². The number of hydrogen-bond acceptors (Lipinski definition) is 5. The molecular formula is C32H26ClN3O4. The molecule has 0 radical (unpaired) electrons. The first-order chi connectivity index (χ1) is 19.3. The van der Waals surface area contributed by atoms with E-state index >= 15 is 0 Å². The summed E-state index contributed by atoms with van der Waals surface area (Å²) in [6, 6.07) is 22.3. The second-order valence-electron chi connectivity index (χ2n) is 9.38. The topological polar surface area (TPSA) is 90.3 Å². The van der Waals surface area contributed by atoms with E-state index in [9.17, 15) is 14.4 Å². The van der Waals surface area contributed by atoms with Crippen molar-refractivity contribution in [3.8, 4) is 16.9 Å². The van der Waals surface area contributed by atoms with Crippen molar-refractivity contribution < 1.29 is 14.3 Å². The lowest BCUT2D eigenvalue weighted by Crippen LogP contribution is -2.34. The van der Waals surface area contributed by atoms with Crippen molar-refractivity contribution in [2.45, 2.75) is 19.4 Å². The van der Waals surface area contributed by atoms with Crippen molar-refractivity contribution in [2.75, 3.05) is 12.4 Å². The minimum absolute atomic E-state index is 0.176. The molecule has 1 unspecified atom stereocenters. The van der Waals surface area contributed by atoms with Gasteiger partial charge in [0.25, 0.3) is 5.56 Å². The lowest BCUT2D eigenvalue weighted by molar-refractivity contribution is -0.119. The van der Waals surface area contributed by atoms with Crippen LogP contribution in [0.4, 0.5) is 5.69 Å². The third-order valence-electron chi connectivity index (χ3n) is 6.73. The van der Waals surface area contributed by atoms with Crippen LogP contribution in [0.2, 0.25) is 5.02 Å². The third kappa shape index (κ3) is 5.65. The highest BCUT2D eigenvalue weighted by atomic mass is 35.5. The molecule has 2 heterocycles. The van der Waals surface area contributed by atoms with Gasteiger partial charge in [-0.25, -0.2) is 0 Å². The zero-order chi connectivity index (χ0) is 28.2. The predicted molar refractivity (Wildman–Crippen MR) is 157 cm³/mol. The second-order valence-corrected chi connectivity index (χ2v) is 9.82. The molecule has 0 saturated carbocycles. The maximum absolute atomic E-state index is 13.8. The molecule has 8 heteroatoms. The first-order valence-electron chi connectivity index (χ1n) is 12.6. The Morgan fingerprint density at radius 1 is 0.975 bits per heavy atom. The van der Waals surface area contributed by atoms with E-state index < -0.39 is 11.6 Å². The van der Waals surface area contributed by atoms with Crippen LogP contribution in [0.5, 0.6) is 5.75 Å². The normalized spacial score (nSPS) is 11.7. The molecule has 2 aromatic heterocycles. The van der Waals surface area contributed by atoms with Crippen LogP contribution in [0.3, 0.4) is 0 Å². The Kier molecular flexibility index (Phi) is 7.75. The van der Waals surface area contributed by atoms with Gasteiger partial charge in [0.05, 0.1) is 13.3 Å². The summed E-state index contributed by atoms with van der Waals surface area (Å²) in [5.41, 5.74) is 2.37. The molecule has 1 amide bonds. The summed E-state index contributed by atoms with van der Waals surface area (Å²) in [5.74, 6) is -0.208. The first-order valence-corrected chi connectivity index (χ1v) is 13.0. The number of amides is 1. The van der Waals surface area contributed by atoms with E-state index in [0.29, 0.717) is 33.1 Å². The maximum atomic E-state index is 13.8. The van der Waals surface area contributed by atoms with Crippen LogP contribution in [-0.4, -0.2) is 28.4 Å². The van der Waals surface area contributed by atoms with Crippen LogP contribution in [0.25, 0.3) is 21.9 Å². The van der Waals surface area contributed by atoms with Crippen LogP contribution in [0, 0.1) is 0 Å². The van der Waals surface area contributed by atoms with Crippen molar-refractivity contribution in [1.82, 2.24) is 9.55 Å². The molecule has 3 aromatic carbocycles. The third-order valence-corrected chi connectivity index (χ3v) is 6.97. The Morgan fingerprint density at radius 2 is 1.77 bits per heavy atom. The molecule has 5 aromatic rings. The van der Waals surface area contributed by atoms with Gasteiger partial charge in [-0.2, -0.15) is 0 Å². The average molecular weight is 552 g/mol. The summed E-state index contributed by atoms with van der Waals surface area (Å²) in [6.07, 6.45) is 5.23. The first kappa shape index (κ1) is 26.8. The SMILES string of the molecule is COc1cn(C(Cc2ccccc2)C(=O)Nc2ccc3cnccc3c2)c(=O)cc1-c1cc(Cl)ccc1C(C)=O. The standard InChI is InChI=1S/C32H26ClN3O4/c1-20(37)26-11-9-24(33)16-27(26)28-17-31(38)36(19-30(28)40-2)29(14-21-6-4-3-5-7-21)32(39)35-25-10-8-23-18-34-13-12-22(23)15-25/h3-13,15-19,29H,14H2,1-2H3,(H,35,39). The molecule has 0 aliphatic carbocycles. The monoisotopic (exact) mass is 551 g/mol. The zero-order valence-electron chi connectivity index (χ0n) is 21.9. The van der Waals surface area contributed by atoms with Gasteiger partial charge in [-0.15, -0.1) is 0 Å². The van der Waals surface area contributed by atoms with Crippen molar-refractivity contribution >= 4 is 39.8 Å². The number of methoxy groups -OCH3 is 1. The van der Waals surface area contributed by atoms with Crippen LogP contribution in [-0.2, 0) is 11.2 Å². The molecule has 0 aliphatic heterocycles. The quantitative estimate of drug-likeness (QED) is 0.227. The number of ether oxygens (including phenoxy) is 1. The predicted octanol–water partition coefficient (Wildman–Crippen LogP) is 6.35. The molecule has 0 fully saturated rings. The smallest absolute Gasteiger partial charge is 0.252 e. The summed E-state index contributed by atoms with van der Waals surface area (Å²) < 4.78 is 7.03. The number of benzene rings is 3. The Labute approximate surface area is 236 Å². The lowest BCUT2D eigenvalue weighted by Gasteiger charge is -2.22. The highest BCUT2D eigenvalue weighted by Gasteiger charge is 2.25. The highest BCUT2D eigenvalue weighted by Crippen LogP contribution is 2.34. The average Bonchev–Trinajstić information content (AvgIpc) is 2.96. The fourth-order valence-electron chi connectivity index (χ4n) is 4.73. The molecule has 200 valence electrons. The maximum Gasteiger partial charge on any atom is 0.252 e. The van der Waals surface area contributed by atoms with E-state index in [4.69, 9.17) is 16.3 Å². The molecule has 0 aliphatic rings. The largest absolute Gasteiger partial charge is 0.495 e. The number of anilines is 1. The summed E-state index contributed by atoms with van der Waals surface area (Å²) >= 11 is 6.24. The van der Waals surface area contributed by atoms with Gasteiger partial charge in [-0.1, -0.05) is 48.0 Å². The van der Waals surface area contributed by atoms with E-state index in [1.54, 1.807) is 36.7 Å². The van der Waals surface area contributed by atoms with Crippen molar-refractivity contribution in [3.05, 3.63) is 124 Å². The van der Waals surface area contributed by atoms with Gasteiger partial charge in [-0.3, -0.25) is 23.9 Å². The van der Waals surface area contributed by atoms with E-state index in [1.165, 1.54) is 30.9 Å². The highest BCUT2D eigenvalue weighted by molar-refractivity contribution is 6.31. The number of carbonyl (C=O) groups is 2. The Balaban J connectivity index is 1.58. The Morgan fingerprint density at radius 3 is 2.52 bits per heavy atom. The number of rotatable bonds is 8. The van der Waals surface area contributed by atoms with E-state index in [-0.39, 0.29) is 18.1 Å². The van der Waals surface area contributed by atoms with Crippen molar-refractivity contribution in [1.29, 1.82) is 0 Å². The number of halogens is 1. The molecular weight excluding hydrogens is 526 g/mol. The van der Waals surface area contributed by atoms with Gasteiger partial charge >= 0.3 is 0 Å². The molecule has 0 spiro atoms. The lowest BCUT2D eigenvalue weighted by atomic mass is 9.97. The van der Waals surface area contributed by atoms with Gasteiger partial charge < -0.3 is 10.1 Å². The fraction of sp³-hybridized carbons (Fsp3) is 0.125. The molecule has 0 saturated heterocycles. The summed E-state index contributed by atoms with van der Waals surface area (Å²) in [4.78, 5) is 43.8. The summed E-state index contributed by atoms with van der Waals surface area (Å²) in [5, 5.41) is 5.27. The number of nitrogens with one attached hydrogen (secondary N) is 1. The molecule has 5 rings (SSSR count). The van der Waals surface area contributed by atoms with Crippen LogP contribution >= 0.6 is 11.6 Å². The number of pyridine rings is 2. The number of hydrogen-bond donors (Lipinski definition) is 1. The minimum atomic E-state index is -0.891. The number of ketones is 1. The van der Waals surface area contributed by atoms with Crippen LogP contribution in [0.15, 0.2) is 102 Å². The zero-order valence-corrected chi connectivity index (χ0v) is 22.7.